The monoisotopic (exact) mass is 339 g/mol. The van der Waals surface area contributed by atoms with E-state index in [1.54, 1.807) is 6.20 Å². The maximum atomic E-state index is 12.3. The number of rotatable bonds is 2. The Balaban J connectivity index is 1.98. The molecular weight excluding hydrogens is 327 g/mol. The van der Waals surface area contributed by atoms with Gasteiger partial charge in [-0.15, -0.1) is 0 Å². The van der Waals surface area contributed by atoms with E-state index in [0.717, 1.165) is 0 Å². The minimum Gasteiger partial charge on any atom is -0.368 e. The molecule has 1 aromatic heterocycles. The number of alkyl halides is 3. The molecule has 1 aliphatic heterocycles. The maximum Gasteiger partial charge on any atom is 0.401 e. The molecular formula is C10H13BrF3N5. The van der Waals surface area contributed by atoms with Gasteiger partial charge in [-0.25, -0.2) is 4.98 Å². The van der Waals surface area contributed by atoms with Crippen molar-refractivity contribution in [2.24, 2.45) is 0 Å². The van der Waals surface area contributed by atoms with E-state index in [0.29, 0.717) is 36.5 Å². The van der Waals surface area contributed by atoms with Crippen molar-refractivity contribution in [3.8, 4) is 0 Å². The van der Waals surface area contributed by atoms with E-state index in [1.807, 2.05) is 4.90 Å². The van der Waals surface area contributed by atoms with Gasteiger partial charge in [0.1, 0.15) is 5.82 Å². The van der Waals surface area contributed by atoms with Crippen molar-refractivity contribution >= 4 is 27.7 Å². The Kier molecular flexibility index (Phi) is 4.14. The number of nitrogens with zero attached hydrogens (tertiary/aromatic N) is 4. The molecule has 1 fully saturated rings. The van der Waals surface area contributed by atoms with Crippen LogP contribution in [0, 0.1) is 0 Å². The molecule has 0 atom stereocenters. The van der Waals surface area contributed by atoms with Gasteiger partial charge in [0.05, 0.1) is 11.0 Å². The van der Waals surface area contributed by atoms with Crippen LogP contribution in [0.4, 0.5) is 24.9 Å². The molecule has 9 heteroatoms. The van der Waals surface area contributed by atoms with Gasteiger partial charge in [-0.3, -0.25) is 4.90 Å². The highest BCUT2D eigenvalue weighted by Gasteiger charge is 2.32. The number of nitrogen functional groups attached to an aromatic ring is 1. The molecule has 0 spiro atoms. The Morgan fingerprint density at radius 3 is 2.47 bits per heavy atom. The van der Waals surface area contributed by atoms with E-state index in [9.17, 15) is 13.2 Å². The second-order valence-corrected chi connectivity index (χ2v) is 5.13. The van der Waals surface area contributed by atoms with Crippen molar-refractivity contribution < 1.29 is 13.2 Å². The van der Waals surface area contributed by atoms with Gasteiger partial charge in [-0.1, -0.05) is 0 Å². The zero-order valence-electron chi connectivity index (χ0n) is 9.99. The molecule has 0 unspecified atom stereocenters. The number of aromatic nitrogens is 2. The lowest BCUT2D eigenvalue weighted by molar-refractivity contribution is -0.146. The van der Waals surface area contributed by atoms with Crippen LogP contribution in [0.15, 0.2) is 10.7 Å². The lowest BCUT2D eigenvalue weighted by Gasteiger charge is -2.35. The Morgan fingerprint density at radius 1 is 1.26 bits per heavy atom. The lowest BCUT2D eigenvalue weighted by Crippen LogP contribution is -2.49. The molecule has 0 saturated carbocycles. The first kappa shape index (κ1) is 14.3. The Hall–Kier alpha value is -1.09. The van der Waals surface area contributed by atoms with E-state index in [2.05, 4.69) is 25.9 Å². The van der Waals surface area contributed by atoms with Crippen LogP contribution in [0.2, 0.25) is 0 Å². The van der Waals surface area contributed by atoms with Gasteiger partial charge >= 0.3 is 6.18 Å². The highest BCUT2D eigenvalue weighted by atomic mass is 79.9. The van der Waals surface area contributed by atoms with Crippen molar-refractivity contribution in [2.45, 2.75) is 6.18 Å². The van der Waals surface area contributed by atoms with Gasteiger partial charge in [0.2, 0.25) is 5.95 Å². The van der Waals surface area contributed by atoms with Crippen molar-refractivity contribution in [3.63, 3.8) is 0 Å². The average molecular weight is 340 g/mol. The Bertz CT molecular complexity index is 445. The summed E-state index contributed by atoms with van der Waals surface area (Å²) in [4.78, 5) is 11.2. The van der Waals surface area contributed by atoms with E-state index < -0.39 is 12.7 Å². The van der Waals surface area contributed by atoms with Crippen LogP contribution in [0.25, 0.3) is 0 Å². The van der Waals surface area contributed by atoms with Crippen LogP contribution in [-0.4, -0.2) is 53.8 Å². The first-order chi connectivity index (χ1) is 8.85. The van der Waals surface area contributed by atoms with Gasteiger partial charge in [0, 0.05) is 32.4 Å². The second kappa shape index (κ2) is 5.49. The minimum atomic E-state index is -4.15. The lowest BCUT2D eigenvalue weighted by atomic mass is 10.3. The molecule has 0 amide bonds. The number of anilines is 2. The summed E-state index contributed by atoms with van der Waals surface area (Å²) in [7, 11) is 0. The molecule has 1 aliphatic rings. The van der Waals surface area contributed by atoms with Crippen molar-refractivity contribution in [1.82, 2.24) is 14.9 Å². The zero-order chi connectivity index (χ0) is 14.0. The fraction of sp³-hybridized carbons (Fsp3) is 0.600. The fourth-order valence-corrected chi connectivity index (χ4v) is 2.41. The van der Waals surface area contributed by atoms with Crippen LogP contribution in [-0.2, 0) is 0 Å². The van der Waals surface area contributed by atoms with Crippen molar-refractivity contribution in [3.05, 3.63) is 10.7 Å². The van der Waals surface area contributed by atoms with Crippen LogP contribution in [0.1, 0.15) is 0 Å². The van der Waals surface area contributed by atoms with Gasteiger partial charge in [-0.05, 0) is 15.9 Å². The fourth-order valence-electron chi connectivity index (χ4n) is 1.96. The molecule has 5 nitrogen and oxygen atoms in total. The minimum absolute atomic E-state index is 0.149. The van der Waals surface area contributed by atoms with Crippen LogP contribution in [0.3, 0.4) is 0 Å². The second-order valence-electron chi connectivity index (χ2n) is 4.28. The summed E-state index contributed by atoms with van der Waals surface area (Å²) in [6.45, 7) is 0.774. The molecule has 0 radical (unpaired) electrons. The topological polar surface area (TPSA) is 58.3 Å². The number of hydrogen-bond acceptors (Lipinski definition) is 5. The molecule has 0 bridgehead atoms. The van der Waals surface area contributed by atoms with Crippen LogP contribution in [0.5, 0.6) is 0 Å². The third-order valence-electron chi connectivity index (χ3n) is 2.82. The summed E-state index contributed by atoms with van der Waals surface area (Å²) in [5.41, 5.74) is 5.52. The molecule has 0 aliphatic carbocycles. The SMILES string of the molecule is Nc1ncc(Br)c(N2CCN(CC(F)(F)F)CC2)n1. The normalized spacial score (nSPS) is 17.8. The van der Waals surface area contributed by atoms with Crippen LogP contribution >= 0.6 is 15.9 Å². The molecule has 2 rings (SSSR count). The first-order valence-electron chi connectivity index (χ1n) is 5.67. The molecule has 106 valence electrons. The van der Waals surface area contributed by atoms with Crippen molar-refractivity contribution in [1.29, 1.82) is 0 Å². The maximum absolute atomic E-state index is 12.3. The number of halogens is 4. The summed E-state index contributed by atoms with van der Waals surface area (Å²) >= 11 is 3.31. The van der Waals surface area contributed by atoms with Crippen molar-refractivity contribution in [2.75, 3.05) is 43.4 Å². The third-order valence-corrected chi connectivity index (χ3v) is 3.38. The molecule has 0 aromatic carbocycles. The summed E-state index contributed by atoms with van der Waals surface area (Å²) in [5, 5.41) is 0. The first-order valence-corrected chi connectivity index (χ1v) is 6.46. The largest absolute Gasteiger partial charge is 0.401 e. The van der Waals surface area contributed by atoms with Gasteiger partial charge in [-0.2, -0.15) is 18.2 Å². The summed E-state index contributed by atoms with van der Waals surface area (Å²) < 4.78 is 37.5. The predicted octanol–water partition coefficient (Wildman–Crippen LogP) is 1.51. The van der Waals surface area contributed by atoms with Crippen LogP contribution < -0.4 is 10.6 Å². The highest BCUT2D eigenvalue weighted by molar-refractivity contribution is 9.10. The number of hydrogen-bond donors (Lipinski definition) is 1. The Labute approximate surface area is 116 Å². The van der Waals surface area contributed by atoms with Gasteiger partial charge < -0.3 is 10.6 Å². The third kappa shape index (κ3) is 3.93. The smallest absolute Gasteiger partial charge is 0.368 e. The zero-order valence-corrected chi connectivity index (χ0v) is 11.6. The molecule has 1 aromatic rings. The standard InChI is InChI=1S/C10H13BrF3N5/c11-7-5-16-9(15)17-8(7)19-3-1-18(2-4-19)6-10(12,13)14/h5H,1-4,6H2,(H2,15,16,17). The quantitative estimate of drug-likeness (QED) is 0.884. The highest BCUT2D eigenvalue weighted by Crippen LogP contribution is 2.25. The van der Waals surface area contributed by atoms with E-state index in [4.69, 9.17) is 5.73 Å². The average Bonchev–Trinajstić information content (AvgIpc) is 2.31. The molecule has 2 N–H and O–H groups in total. The van der Waals surface area contributed by atoms with E-state index in [-0.39, 0.29) is 5.95 Å². The van der Waals surface area contributed by atoms with E-state index in [1.165, 1.54) is 4.90 Å². The summed E-state index contributed by atoms with van der Waals surface area (Å²) in [6.07, 6.45) is -2.61. The molecule has 19 heavy (non-hydrogen) atoms. The summed E-state index contributed by atoms with van der Waals surface area (Å²) in [5.74, 6) is 0.773. The number of piperazine rings is 1. The Morgan fingerprint density at radius 2 is 1.89 bits per heavy atom. The predicted molar refractivity (Wildman–Crippen MR) is 68.9 cm³/mol. The number of nitrogens with two attached hydrogens (primary N) is 1. The summed E-state index contributed by atoms with van der Waals surface area (Å²) in [6, 6.07) is 0. The van der Waals surface area contributed by atoms with E-state index >= 15 is 0 Å². The molecule has 2 heterocycles. The van der Waals surface area contributed by atoms with Gasteiger partial charge in [0.15, 0.2) is 0 Å². The van der Waals surface area contributed by atoms with Gasteiger partial charge in [0.25, 0.3) is 0 Å². The molecule has 1 saturated heterocycles.